The Morgan fingerprint density at radius 3 is 1.53 bits per heavy atom. The highest BCUT2D eigenvalue weighted by Gasteiger charge is 2.01. The van der Waals surface area contributed by atoms with Crippen LogP contribution in [0.5, 0.6) is 0 Å². The summed E-state index contributed by atoms with van der Waals surface area (Å²) in [5.41, 5.74) is 7.22. The molecular formula is C31H53NOS. The summed E-state index contributed by atoms with van der Waals surface area (Å²) in [6, 6.07) is 0. The quantitative estimate of drug-likeness (QED) is 0.145. The normalized spacial score (nSPS) is 13.3. The summed E-state index contributed by atoms with van der Waals surface area (Å²) in [4.78, 5) is 11.9. The molecule has 0 atom stereocenters. The van der Waals surface area contributed by atoms with Gasteiger partial charge in [-0.15, -0.1) is 0 Å². The fourth-order valence-electron chi connectivity index (χ4n) is 3.55. The first kappa shape index (κ1) is 32.5. The van der Waals surface area contributed by atoms with Gasteiger partial charge in [0.05, 0.1) is 0 Å². The Hall–Kier alpha value is -1.48. The van der Waals surface area contributed by atoms with Crippen molar-refractivity contribution in [2.24, 2.45) is 0 Å². The van der Waals surface area contributed by atoms with E-state index in [2.05, 4.69) is 84.2 Å². The summed E-state index contributed by atoms with van der Waals surface area (Å²) >= 11 is 1.86. The van der Waals surface area contributed by atoms with Crippen LogP contribution in [0.2, 0.25) is 0 Å². The van der Waals surface area contributed by atoms with Crippen molar-refractivity contribution < 1.29 is 4.79 Å². The van der Waals surface area contributed by atoms with E-state index in [0.717, 1.165) is 63.0 Å². The van der Waals surface area contributed by atoms with Gasteiger partial charge in [-0.05, 0) is 105 Å². The zero-order valence-electron chi connectivity index (χ0n) is 23.4. The predicted octanol–water partition coefficient (Wildman–Crippen LogP) is 9.51. The van der Waals surface area contributed by atoms with Gasteiger partial charge in [-0.2, -0.15) is 11.8 Å². The minimum Gasteiger partial charge on any atom is -0.355 e. The van der Waals surface area contributed by atoms with Crippen molar-refractivity contribution in [3.05, 3.63) is 58.2 Å². The van der Waals surface area contributed by atoms with Crippen molar-refractivity contribution >= 4 is 17.7 Å². The third kappa shape index (κ3) is 22.3. The molecule has 0 aromatic heterocycles. The van der Waals surface area contributed by atoms with Crippen LogP contribution in [0.15, 0.2) is 58.2 Å². The highest BCUT2D eigenvalue weighted by atomic mass is 32.2. The zero-order valence-corrected chi connectivity index (χ0v) is 24.2. The molecule has 0 aliphatic carbocycles. The molecule has 0 aromatic carbocycles. The monoisotopic (exact) mass is 487 g/mol. The van der Waals surface area contributed by atoms with E-state index >= 15 is 0 Å². The summed E-state index contributed by atoms with van der Waals surface area (Å²) in [5, 5.41) is 3.00. The highest BCUT2D eigenvalue weighted by Crippen LogP contribution is 2.14. The smallest absolute Gasteiger partial charge is 0.220 e. The Bertz CT molecular complexity index is 705. The van der Waals surface area contributed by atoms with E-state index in [1.165, 1.54) is 40.7 Å². The molecular weight excluding hydrogens is 434 g/mol. The fraction of sp³-hybridized carbons (Fsp3) is 0.645. The lowest BCUT2D eigenvalue weighted by atomic mass is 10.0. The average molecular weight is 488 g/mol. The number of carbonyl (C=O) groups excluding carboxylic acids is 1. The Morgan fingerprint density at radius 2 is 1.06 bits per heavy atom. The maximum Gasteiger partial charge on any atom is 0.220 e. The second-order valence-electron chi connectivity index (χ2n) is 9.72. The van der Waals surface area contributed by atoms with Crippen LogP contribution in [-0.2, 0) is 4.79 Å². The Balaban J connectivity index is 4.03. The third-order valence-corrected chi connectivity index (χ3v) is 6.73. The van der Waals surface area contributed by atoms with Gasteiger partial charge in [0.2, 0.25) is 5.91 Å². The number of amides is 1. The summed E-state index contributed by atoms with van der Waals surface area (Å²) in [5.74, 6) is 2.29. The standard InChI is InChI=1S/C31H53NOS/c1-8-34-25-24-32-31(33)23-22-30(7)21-13-19-28(5)16-10-9-15-27(4)18-12-20-29(6)17-11-14-26(2)3/h14-16,20-21H,8-13,17-19,22-25H2,1-7H3,(H,32,33)/b27-15+,28-16+,29-20+,30-21+. The first-order valence-electron chi connectivity index (χ1n) is 13.3. The Labute approximate surface area is 216 Å². The van der Waals surface area contributed by atoms with E-state index in [1.54, 1.807) is 0 Å². The van der Waals surface area contributed by atoms with Gasteiger partial charge >= 0.3 is 0 Å². The van der Waals surface area contributed by atoms with E-state index in [9.17, 15) is 4.79 Å². The van der Waals surface area contributed by atoms with Gasteiger partial charge in [-0.1, -0.05) is 65.2 Å². The number of hydrogen-bond donors (Lipinski definition) is 1. The molecule has 0 unspecified atom stereocenters. The summed E-state index contributed by atoms with van der Waals surface area (Å²) in [6.45, 7) is 16.2. The lowest BCUT2D eigenvalue weighted by Gasteiger charge is -2.05. The number of rotatable bonds is 19. The van der Waals surface area contributed by atoms with E-state index in [1.807, 2.05) is 11.8 Å². The predicted molar refractivity (Wildman–Crippen MR) is 157 cm³/mol. The lowest BCUT2D eigenvalue weighted by molar-refractivity contribution is -0.120. The van der Waals surface area contributed by atoms with E-state index < -0.39 is 0 Å². The number of hydrogen-bond acceptors (Lipinski definition) is 2. The molecule has 0 aliphatic heterocycles. The van der Waals surface area contributed by atoms with Gasteiger partial charge < -0.3 is 5.32 Å². The molecule has 0 radical (unpaired) electrons. The van der Waals surface area contributed by atoms with Crippen molar-refractivity contribution in [2.75, 3.05) is 18.1 Å². The van der Waals surface area contributed by atoms with Crippen molar-refractivity contribution in [3.8, 4) is 0 Å². The topological polar surface area (TPSA) is 29.1 Å². The van der Waals surface area contributed by atoms with E-state index in [4.69, 9.17) is 0 Å². The van der Waals surface area contributed by atoms with Crippen molar-refractivity contribution in [1.29, 1.82) is 0 Å². The van der Waals surface area contributed by atoms with Crippen LogP contribution in [0.25, 0.3) is 0 Å². The van der Waals surface area contributed by atoms with Gasteiger partial charge in [-0.3, -0.25) is 4.79 Å². The molecule has 0 aromatic rings. The molecule has 0 saturated heterocycles. The number of carbonyl (C=O) groups is 1. The summed E-state index contributed by atoms with van der Waals surface area (Å²) < 4.78 is 0. The minimum absolute atomic E-state index is 0.175. The van der Waals surface area contributed by atoms with E-state index in [0.29, 0.717) is 6.42 Å². The van der Waals surface area contributed by atoms with Gasteiger partial charge in [0.25, 0.3) is 0 Å². The van der Waals surface area contributed by atoms with Gasteiger partial charge in [-0.25, -0.2) is 0 Å². The highest BCUT2D eigenvalue weighted by molar-refractivity contribution is 7.99. The van der Waals surface area contributed by atoms with Gasteiger partial charge in [0.15, 0.2) is 0 Å². The second kappa shape index (κ2) is 22.0. The van der Waals surface area contributed by atoms with Crippen LogP contribution in [0.3, 0.4) is 0 Å². The molecule has 0 fully saturated rings. The molecule has 1 N–H and O–H groups in total. The van der Waals surface area contributed by atoms with Crippen LogP contribution in [0.4, 0.5) is 0 Å². The minimum atomic E-state index is 0.175. The molecule has 0 rings (SSSR count). The molecule has 0 saturated carbocycles. The molecule has 3 heteroatoms. The first-order valence-corrected chi connectivity index (χ1v) is 14.5. The van der Waals surface area contributed by atoms with Crippen molar-refractivity contribution in [2.45, 2.75) is 113 Å². The van der Waals surface area contributed by atoms with Crippen LogP contribution in [-0.4, -0.2) is 24.0 Å². The molecule has 194 valence electrons. The van der Waals surface area contributed by atoms with Crippen LogP contribution in [0.1, 0.15) is 113 Å². The Kier molecular flexibility index (Phi) is 21.1. The number of allylic oxidation sites excluding steroid dienone is 10. The zero-order chi connectivity index (χ0) is 25.6. The molecule has 0 spiro atoms. The maximum absolute atomic E-state index is 11.9. The van der Waals surface area contributed by atoms with Crippen LogP contribution >= 0.6 is 11.8 Å². The second-order valence-corrected chi connectivity index (χ2v) is 11.1. The molecule has 0 heterocycles. The Morgan fingerprint density at radius 1 is 0.618 bits per heavy atom. The average Bonchev–Trinajstić information content (AvgIpc) is 2.78. The molecule has 1 amide bonds. The summed E-state index contributed by atoms with van der Waals surface area (Å²) in [6.07, 6.45) is 22.4. The first-order chi connectivity index (χ1) is 16.2. The van der Waals surface area contributed by atoms with Crippen molar-refractivity contribution in [3.63, 3.8) is 0 Å². The van der Waals surface area contributed by atoms with Gasteiger partial charge in [0.1, 0.15) is 0 Å². The summed E-state index contributed by atoms with van der Waals surface area (Å²) in [7, 11) is 0. The number of unbranched alkanes of at least 4 members (excludes halogenated alkanes) is 1. The lowest BCUT2D eigenvalue weighted by Crippen LogP contribution is -2.25. The van der Waals surface area contributed by atoms with Crippen LogP contribution < -0.4 is 5.32 Å². The molecule has 0 aliphatic rings. The fourth-order valence-corrected chi connectivity index (χ4v) is 4.09. The molecule has 34 heavy (non-hydrogen) atoms. The van der Waals surface area contributed by atoms with Crippen LogP contribution in [0, 0.1) is 0 Å². The molecule has 2 nitrogen and oxygen atoms in total. The van der Waals surface area contributed by atoms with E-state index in [-0.39, 0.29) is 5.91 Å². The number of nitrogens with one attached hydrogen (secondary N) is 1. The number of thioether (sulfide) groups is 1. The molecule has 0 bridgehead atoms. The maximum atomic E-state index is 11.9. The SMILES string of the molecule is CCSCCNC(=O)CC/C(C)=C/CC/C(C)=C/CC/C=C(\C)CC/C=C(\C)CCC=C(C)C. The largest absolute Gasteiger partial charge is 0.355 e. The van der Waals surface area contributed by atoms with Crippen molar-refractivity contribution in [1.82, 2.24) is 5.32 Å². The van der Waals surface area contributed by atoms with Gasteiger partial charge in [0, 0.05) is 18.7 Å². The third-order valence-electron chi connectivity index (χ3n) is 5.83.